The Morgan fingerprint density at radius 1 is 0.833 bits per heavy atom. The summed E-state index contributed by atoms with van der Waals surface area (Å²) in [6.07, 6.45) is 2.45. The van der Waals surface area contributed by atoms with Crippen molar-refractivity contribution in [3.05, 3.63) is 77.9 Å². The second-order valence-corrected chi connectivity index (χ2v) is 8.44. The Morgan fingerprint density at radius 2 is 1.50 bits per heavy atom. The van der Waals surface area contributed by atoms with Crippen LogP contribution in [0.25, 0.3) is 22.3 Å². The van der Waals surface area contributed by atoms with Gasteiger partial charge >= 0.3 is 0 Å². The molecule has 0 saturated carbocycles. The van der Waals surface area contributed by atoms with Crippen molar-refractivity contribution in [1.82, 2.24) is 4.90 Å². The van der Waals surface area contributed by atoms with Gasteiger partial charge in [0.1, 0.15) is 5.75 Å². The van der Waals surface area contributed by atoms with Crippen LogP contribution in [0.4, 0.5) is 0 Å². The lowest BCUT2D eigenvalue weighted by Gasteiger charge is -2.34. The van der Waals surface area contributed by atoms with Crippen LogP contribution in [0.1, 0.15) is 23.7 Å². The summed E-state index contributed by atoms with van der Waals surface area (Å²) in [6.45, 7) is 1.06. The van der Waals surface area contributed by atoms with Gasteiger partial charge in [-0.15, -0.1) is 0 Å². The van der Waals surface area contributed by atoms with Crippen LogP contribution in [-0.2, 0) is 11.2 Å². The highest BCUT2D eigenvalue weighted by molar-refractivity contribution is 5.74. The maximum absolute atomic E-state index is 5.94. The third-order valence-electron chi connectivity index (χ3n) is 6.13. The summed E-state index contributed by atoms with van der Waals surface area (Å²) in [7, 11) is 7.82. The van der Waals surface area contributed by atoms with E-state index in [1.165, 1.54) is 39.8 Å². The fraction of sp³-hybridized carbons (Fsp3) is 0.333. The molecule has 0 aromatic heterocycles. The van der Waals surface area contributed by atoms with E-state index in [0.717, 1.165) is 18.7 Å². The standard InChI is InChI=1S/C27H31NO2/c1-28(2)18-24-9-8-23-17-22(12-15-26(23)27(24)30-4)21-7-5-6-20(16-21)19-10-13-25(29-3)14-11-19/h5-7,10-17,24,27H,8-9,18H2,1-4H3. The van der Waals surface area contributed by atoms with Crippen molar-refractivity contribution in [3.8, 4) is 28.0 Å². The number of rotatable bonds is 6. The topological polar surface area (TPSA) is 21.7 Å². The zero-order valence-electron chi connectivity index (χ0n) is 18.4. The Hall–Kier alpha value is -2.62. The van der Waals surface area contributed by atoms with E-state index in [9.17, 15) is 0 Å². The van der Waals surface area contributed by atoms with E-state index in [1.807, 2.05) is 19.2 Å². The average molecular weight is 402 g/mol. The Bertz CT molecular complexity index is 994. The number of fused-ring (bicyclic) bond motifs is 1. The van der Waals surface area contributed by atoms with E-state index in [4.69, 9.17) is 9.47 Å². The largest absolute Gasteiger partial charge is 0.497 e. The molecule has 0 amide bonds. The van der Waals surface area contributed by atoms with Crippen LogP contribution < -0.4 is 4.74 Å². The summed E-state index contributed by atoms with van der Waals surface area (Å²) >= 11 is 0. The fourth-order valence-corrected chi connectivity index (χ4v) is 4.66. The highest BCUT2D eigenvalue weighted by atomic mass is 16.5. The van der Waals surface area contributed by atoms with Crippen molar-refractivity contribution in [2.45, 2.75) is 18.9 Å². The van der Waals surface area contributed by atoms with Crippen LogP contribution in [0.3, 0.4) is 0 Å². The van der Waals surface area contributed by atoms with Gasteiger partial charge in [0.2, 0.25) is 0 Å². The number of hydrogen-bond acceptors (Lipinski definition) is 3. The summed E-state index contributed by atoms with van der Waals surface area (Å²) in [5, 5.41) is 0. The molecule has 0 bridgehead atoms. The first-order chi connectivity index (χ1) is 14.6. The van der Waals surface area contributed by atoms with Crippen LogP contribution in [0.5, 0.6) is 5.75 Å². The van der Waals surface area contributed by atoms with E-state index in [-0.39, 0.29) is 6.10 Å². The molecule has 3 aromatic carbocycles. The Morgan fingerprint density at radius 3 is 2.17 bits per heavy atom. The molecule has 3 aromatic rings. The monoisotopic (exact) mass is 401 g/mol. The number of methoxy groups -OCH3 is 2. The number of benzene rings is 3. The SMILES string of the molecule is COc1ccc(-c2cccc(-c3ccc4c(c3)CCC(CN(C)C)C4OC)c2)cc1. The minimum Gasteiger partial charge on any atom is -0.497 e. The molecule has 156 valence electrons. The predicted molar refractivity (Wildman–Crippen MR) is 124 cm³/mol. The van der Waals surface area contributed by atoms with Gasteiger partial charge in [-0.05, 0) is 78.5 Å². The third kappa shape index (κ3) is 4.28. The van der Waals surface area contributed by atoms with Gasteiger partial charge in [0.05, 0.1) is 13.2 Å². The molecule has 3 nitrogen and oxygen atoms in total. The number of ether oxygens (including phenoxy) is 2. The van der Waals surface area contributed by atoms with E-state index in [2.05, 4.69) is 73.6 Å². The van der Waals surface area contributed by atoms with Crippen molar-refractivity contribution >= 4 is 0 Å². The second kappa shape index (κ2) is 9.03. The molecule has 0 fully saturated rings. The number of nitrogens with zero attached hydrogens (tertiary/aromatic N) is 1. The van der Waals surface area contributed by atoms with E-state index in [0.29, 0.717) is 5.92 Å². The van der Waals surface area contributed by atoms with Crippen LogP contribution in [-0.4, -0.2) is 39.8 Å². The minimum absolute atomic E-state index is 0.177. The van der Waals surface area contributed by atoms with Gasteiger partial charge in [-0.3, -0.25) is 0 Å². The molecule has 4 rings (SSSR count). The summed E-state index contributed by atoms with van der Waals surface area (Å²) in [5.74, 6) is 1.42. The van der Waals surface area contributed by atoms with Crippen molar-refractivity contribution in [3.63, 3.8) is 0 Å². The first-order valence-electron chi connectivity index (χ1n) is 10.6. The molecule has 0 radical (unpaired) electrons. The molecule has 0 spiro atoms. The fourth-order valence-electron chi connectivity index (χ4n) is 4.66. The number of aryl methyl sites for hydroxylation is 1. The molecule has 0 aliphatic heterocycles. The molecule has 30 heavy (non-hydrogen) atoms. The quantitative estimate of drug-likeness (QED) is 0.518. The Labute approximate surface area is 180 Å². The van der Waals surface area contributed by atoms with Crippen LogP contribution in [0.15, 0.2) is 66.7 Å². The summed E-state index contributed by atoms with van der Waals surface area (Å²) in [6, 6.07) is 23.9. The average Bonchev–Trinajstić information content (AvgIpc) is 2.78. The second-order valence-electron chi connectivity index (χ2n) is 8.44. The van der Waals surface area contributed by atoms with Gasteiger partial charge in [-0.1, -0.05) is 48.5 Å². The van der Waals surface area contributed by atoms with Crippen LogP contribution in [0, 0.1) is 5.92 Å². The lowest BCUT2D eigenvalue weighted by atomic mass is 9.80. The maximum Gasteiger partial charge on any atom is 0.118 e. The van der Waals surface area contributed by atoms with E-state index in [1.54, 1.807) is 7.11 Å². The molecule has 2 unspecified atom stereocenters. The predicted octanol–water partition coefficient (Wildman–Crippen LogP) is 5.84. The molecule has 2 atom stereocenters. The molecular weight excluding hydrogens is 370 g/mol. The maximum atomic E-state index is 5.94. The zero-order valence-corrected chi connectivity index (χ0v) is 18.4. The van der Waals surface area contributed by atoms with Crippen molar-refractivity contribution in [1.29, 1.82) is 0 Å². The van der Waals surface area contributed by atoms with Crippen molar-refractivity contribution in [2.75, 3.05) is 34.9 Å². The van der Waals surface area contributed by atoms with Gasteiger partial charge < -0.3 is 14.4 Å². The van der Waals surface area contributed by atoms with Gasteiger partial charge in [0, 0.05) is 19.6 Å². The minimum atomic E-state index is 0.177. The Balaban J connectivity index is 1.63. The van der Waals surface area contributed by atoms with Gasteiger partial charge in [-0.25, -0.2) is 0 Å². The van der Waals surface area contributed by atoms with E-state index >= 15 is 0 Å². The van der Waals surface area contributed by atoms with Crippen molar-refractivity contribution < 1.29 is 9.47 Å². The molecular formula is C27H31NO2. The lowest BCUT2D eigenvalue weighted by Crippen LogP contribution is -2.31. The lowest BCUT2D eigenvalue weighted by molar-refractivity contribution is 0.0299. The smallest absolute Gasteiger partial charge is 0.118 e. The molecule has 0 saturated heterocycles. The zero-order chi connectivity index (χ0) is 21.1. The van der Waals surface area contributed by atoms with Gasteiger partial charge in [0.25, 0.3) is 0 Å². The Kier molecular flexibility index (Phi) is 6.21. The van der Waals surface area contributed by atoms with Crippen LogP contribution >= 0.6 is 0 Å². The summed E-state index contributed by atoms with van der Waals surface area (Å²) in [5.41, 5.74) is 7.70. The highest BCUT2D eigenvalue weighted by Gasteiger charge is 2.30. The number of hydrogen-bond donors (Lipinski definition) is 0. The third-order valence-corrected chi connectivity index (χ3v) is 6.13. The molecule has 1 aliphatic carbocycles. The van der Waals surface area contributed by atoms with Crippen molar-refractivity contribution in [2.24, 2.45) is 5.92 Å². The highest BCUT2D eigenvalue weighted by Crippen LogP contribution is 2.39. The summed E-state index contributed by atoms with van der Waals surface area (Å²) in [4.78, 5) is 2.26. The normalized spacial score (nSPS) is 18.3. The molecule has 3 heteroatoms. The van der Waals surface area contributed by atoms with Crippen LogP contribution in [0.2, 0.25) is 0 Å². The molecule has 1 aliphatic rings. The first-order valence-corrected chi connectivity index (χ1v) is 10.6. The van der Waals surface area contributed by atoms with E-state index < -0.39 is 0 Å². The molecule has 0 N–H and O–H groups in total. The molecule has 0 heterocycles. The first kappa shape index (κ1) is 20.6. The summed E-state index contributed by atoms with van der Waals surface area (Å²) < 4.78 is 11.2. The van der Waals surface area contributed by atoms with Gasteiger partial charge in [0.15, 0.2) is 0 Å². The van der Waals surface area contributed by atoms with Gasteiger partial charge in [-0.2, -0.15) is 0 Å².